The van der Waals surface area contributed by atoms with Crippen LogP contribution >= 0.6 is 0 Å². The minimum Gasteiger partial charge on any atom is -0.459 e. The third kappa shape index (κ3) is 10.5. The largest absolute Gasteiger partial charge is 0.459 e. The van der Waals surface area contributed by atoms with Crippen LogP contribution in [0.5, 0.6) is 0 Å². The van der Waals surface area contributed by atoms with Gasteiger partial charge in [-0.15, -0.1) is 0 Å². The van der Waals surface area contributed by atoms with Crippen LogP contribution in [0.4, 0.5) is 4.39 Å². The van der Waals surface area contributed by atoms with Gasteiger partial charge in [-0.1, -0.05) is 97.0 Å². The minimum absolute atomic E-state index is 0.0114. The highest BCUT2D eigenvalue weighted by molar-refractivity contribution is 5.90. The number of benzene rings is 1. The number of unbranched alkanes of at least 4 members (excludes halogenated alkanes) is 10. The summed E-state index contributed by atoms with van der Waals surface area (Å²) in [5.74, 6) is 0.0659. The molecule has 1 aliphatic rings. The molecular weight excluding hydrogens is 475 g/mol. The second-order valence-corrected chi connectivity index (χ2v) is 11.2. The predicted octanol–water partition coefficient (Wildman–Crippen LogP) is 9.65. The van der Waals surface area contributed by atoms with Crippen molar-refractivity contribution >= 4 is 5.97 Å². The first-order chi connectivity index (χ1) is 18.6. The Kier molecular flexibility index (Phi) is 13.8. The average Bonchev–Trinajstić information content (AvgIpc) is 2.93. The third-order valence-electron chi connectivity index (χ3n) is 8.00. The highest BCUT2D eigenvalue weighted by atomic mass is 19.1. The second-order valence-electron chi connectivity index (χ2n) is 11.2. The van der Waals surface area contributed by atoms with Gasteiger partial charge in [0.25, 0.3) is 0 Å². The zero-order valence-corrected chi connectivity index (χ0v) is 23.9. The summed E-state index contributed by atoms with van der Waals surface area (Å²) in [6.07, 6.45) is 25.3. The molecule has 0 radical (unpaired) electrons. The second kappa shape index (κ2) is 17.3. The van der Waals surface area contributed by atoms with E-state index in [0.29, 0.717) is 11.4 Å². The van der Waals surface area contributed by atoms with Gasteiger partial charge in [-0.3, -0.25) is 0 Å². The van der Waals surface area contributed by atoms with Crippen molar-refractivity contribution in [3.8, 4) is 11.4 Å². The van der Waals surface area contributed by atoms with Crippen molar-refractivity contribution < 1.29 is 13.9 Å². The van der Waals surface area contributed by atoms with Gasteiger partial charge in [-0.2, -0.15) is 0 Å². The van der Waals surface area contributed by atoms with E-state index >= 15 is 0 Å². The Morgan fingerprint density at radius 1 is 0.842 bits per heavy atom. The fourth-order valence-corrected chi connectivity index (χ4v) is 5.53. The van der Waals surface area contributed by atoms with Crippen LogP contribution < -0.4 is 0 Å². The molecule has 0 bridgehead atoms. The van der Waals surface area contributed by atoms with E-state index in [0.717, 1.165) is 50.0 Å². The summed E-state index contributed by atoms with van der Waals surface area (Å²) in [5, 5.41) is 0. The summed E-state index contributed by atoms with van der Waals surface area (Å²) in [7, 11) is 0. The standard InChI is InChI=1S/C33H49FN2O2/c1-3-5-7-9-11-13-15-26-17-20-29(21-18-26)38-33(37)30-22-19-28(23-31(30)34)32-35-24-27(25-36-32)16-14-12-10-8-6-4-2/h19,22-26,29H,3-18,20-21H2,1-2H3. The van der Waals surface area contributed by atoms with Crippen molar-refractivity contribution in [1.29, 1.82) is 0 Å². The maximum atomic E-state index is 14.9. The summed E-state index contributed by atoms with van der Waals surface area (Å²) in [4.78, 5) is 21.6. The Hall–Kier alpha value is -2.30. The lowest BCUT2D eigenvalue weighted by atomic mass is 9.84. The van der Waals surface area contributed by atoms with E-state index in [-0.39, 0.29) is 11.7 Å². The van der Waals surface area contributed by atoms with Crippen molar-refractivity contribution in [1.82, 2.24) is 9.97 Å². The quantitative estimate of drug-likeness (QED) is 0.153. The first-order valence-corrected chi connectivity index (χ1v) is 15.4. The van der Waals surface area contributed by atoms with E-state index in [1.807, 2.05) is 12.4 Å². The smallest absolute Gasteiger partial charge is 0.341 e. The van der Waals surface area contributed by atoms with Crippen molar-refractivity contribution in [2.75, 3.05) is 0 Å². The number of carbonyl (C=O) groups is 1. The first kappa shape index (κ1) is 30.2. The molecule has 1 aromatic carbocycles. The van der Waals surface area contributed by atoms with Crippen LogP contribution in [0.2, 0.25) is 0 Å². The Morgan fingerprint density at radius 3 is 2.08 bits per heavy atom. The van der Waals surface area contributed by atoms with Crippen LogP contribution in [-0.2, 0) is 11.2 Å². The summed E-state index contributed by atoms with van der Waals surface area (Å²) >= 11 is 0. The number of aromatic nitrogens is 2. The van der Waals surface area contributed by atoms with Crippen molar-refractivity contribution in [2.24, 2.45) is 5.92 Å². The van der Waals surface area contributed by atoms with Gasteiger partial charge in [-0.25, -0.2) is 19.2 Å². The molecule has 1 heterocycles. The molecule has 0 atom stereocenters. The molecule has 0 unspecified atom stereocenters. The molecule has 210 valence electrons. The number of hydrogen-bond donors (Lipinski definition) is 0. The maximum Gasteiger partial charge on any atom is 0.341 e. The summed E-state index contributed by atoms with van der Waals surface area (Å²) in [5.41, 5.74) is 1.66. The normalized spacial score (nSPS) is 17.4. The fourth-order valence-electron chi connectivity index (χ4n) is 5.53. The van der Waals surface area contributed by atoms with Crippen LogP contribution in [0.3, 0.4) is 0 Å². The lowest BCUT2D eigenvalue weighted by molar-refractivity contribution is 0.0156. The van der Waals surface area contributed by atoms with Crippen LogP contribution in [0, 0.1) is 11.7 Å². The third-order valence-corrected chi connectivity index (χ3v) is 8.00. The molecule has 2 aromatic rings. The highest BCUT2D eigenvalue weighted by Gasteiger charge is 2.25. The predicted molar refractivity (Wildman–Crippen MR) is 154 cm³/mol. The van der Waals surface area contributed by atoms with E-state index in [9.17, 15) is 9.18 Å². The summed E-state index contributed by atoms with van der Waals surface area (Å²) in [6.45, 7) is 4.48. The lowest BCUT2D eigenvalue weighted by Crippen LogP contribution is -2.25. The molecule has 0 spiro atoms. The number of rotatable bonds is 17. The Labute approximate surface area is 230 Å². The highest BCUT2D eigenvalue weighted by Crippen LogP contribution is 2.31. The molecule has 5 heteroatoms. The molecule has 0 N–H and O–H groups in total. The van der Waals surface area contributed by atoms with Crippen LogP contribution in [0.15, 0.2) is 30.6 Å². The SMILES string of the molecule is CCCCCCCCc1cnc(-c2ccc(C(=O)OC3CCC(CCCCCCCC)CC3)c(F)c2)nc1. The van der Waals surface area contributed by atoms with Crippen LogP contribution in [0.1, 0.15) is 139 Å². The van der Waals surface area contributed by atoms with Crippen LogP contribution in [0.25, 0.3) is 11.4 Å². The van der Waals surface area contributed by atoms with Crippen LogP contribution in [-0.4, -0.2) is 22.0 Å². The lowest BCUT2D eigenvalue weighted by Gasteiger charge is -2.28. The minimum atomic E-state index is -0.580. The summed E-state index contributed by atoms with van der Waals surface area (Å²) in [6, 6.07) is 4.56. The number of halogens is 1. The first-order valence-electron chi connectivity index (χ1n) is 15.4. The zero-order valence-electron chi connectivity index (χ0n) is 23.9. The van der Waals surface area contributed by atoms with Gasteiger partial charge >= 0.3 is 5.97 Å². The van der Waals surface area contributed by atoms with Gasteiger partial charge in [0, 0.05) is 18.0 Å². The maximum absolute atomic E-state index is 14.9. The molecule has 0 saturated heterocycles. The monoisotopic (exact) mass is 524 g/mol. The molecule has 0 aliphatic heterocycles. The van der Waals surface area contributed by atoms with Gasteiger partial charge in [0.1, 0.15) is 11.9 Å². The van der Waals surface area contributed by atoms with E-state index < -0.39 is 11.8 Å². The molecule has 1 fully saturated rings. The van der Waals surface area contributed by atoms with Gasteiger partial charge in [0.15, 0.2) is 5.82 Å². The van der Waals surface area contributed by atoms with Crippen molar-refractivity contribution in [3.05, 3.63) is 47.5 Å². The number of esters is 1. The Balaban J connectivity index is 1.40. The van der Waals surface area contributed by atoms with Gasteiger partial charge < -0.3 is 4.74 Å². The number of nitrogens with zero attached hydrogens (tertiary/aromatic N) is 2. The van der Waals surface area contributed by atoms with E-state index in [4.69, 9.17) is 4.74 Å². The Morgan fingerprint density at radius 2 is 1.45 bits per heavy atom. The molecule has 0 amide bonds. The molecule has 38 heavy (non-hydrogen) atoms. The van der Waals surface area contributed by atoms with Gasteiger partial charge in [0.2, 0.25) is 0 Å². The fraction of sp³-hybridized carbons (Fsp3) is 0.667. The van der Waals surface area contributed by atoms with Gasteiger partial charge in [0.05, 0.1) is 5.56 Å². The molecule has 1 saturated carbocycles. The van der Waals surface area contributed by atoms with Crippen molar-refractivity contribution in [2.45, 2.75) is 136 Å². The average molecular weight is 525 g/mol. The van der Waals surface area contributed by atoms with Gasteiger partial charge in [-0.05, 0) is 62.1 Å². The van der Waals surface area contributed by atoms with E-state index in [1.54, 1.807) is 6.07 Å². The number of carbonyl (C=O) groups excluding carboxylic acids is 1. The van der Waals surface area contributed by atoms with E-state index in [2.05, 4.69) is 23.8 Å². The number of ether oxygens (including phenoxy) is 1. The Bertz CT molecular complexity index is 939. The molecule has 1 aliphatic carbocycles. The summed E-state index contributed by atoms with van der Waals surface area (Å²) < 4.78 is 20.6. The zero-order chi connectivity index (χ0) is 27.0. The molecule has 4 nitrogen and oxygen atoms in total. The molecule has 3 rings (SSSR count). The molecular formula is C33H49FN2O2. The topological polar surface area (TPSA) is 52.1 Å². The van der Waals surface area contributed by atoms with Crippen molar-refractivity contribution in [3.63, 3.8) is 0 Å². The molecule has 1 aromatic heterocycles. The number of hydrogen-bond acceptors (Lipinski definition) is 4. The number of aryl methyl sites for hydroxylation is 1. The van der Waals surface area contributed by atoms with E-state index in [1.165, 1.54) is 89.2 Å².